The molecule has 0 amide bonds. The van der Waals surface area contributed by atoms with Gasteiger partial charge in [-0.05, 0) is 48.5 Å². The fraction of sp³-hybridized carbons (Fsp3) is 0. The van der Waals surface area contributed by atoms with Gasteiger partial charge in [-0.1, -0.05) is 0 Å². The summed E-state index contributed by atoms with van der Waals surface area (Å²) in [5, 5.41) is 17.3. The molecule has 2 aromatic rings. The lowest BCUT2D eigenvalue weighted by molar-refractivity contribution is 0.388. The summed E-state index contributed by atoms with van der Waals surface area (Å²) in [6.07, 6.45) is 0. The lowest BCUT2D eigenvalue weighted by Crippen LogP contribution is -2.10. The summed E-state index contributed by atoms with van der Waals surface area (Å²) in [4.78, 5) is 0. The van der Waals surface area contributed by atoms with Gasteiger partial charge < -0.3 is 9.31 Å². The van der Waals surface area contributed by atoms with Crippen LogP contribution in [0.5, 0.6) is 11.5 Å². The quantitative estimate of drug-likeness (QED) is 0.470. The number of benzene rings is 2. The minimum absolute atomic E-state index is 0.570. The second kappa shape index (κ2) is 6.53. The highest BCUT2D eigenvalue weighted by molar-refractivity contribution is 6.20. The highest BCUT2D eigenvalue weighted by Gasteiger charge is 2.02. The number of rotatable bonds is 6. The first kappa shape index (κ1) is 13.1. The van der Waals surface area contributed by atoms with E-state index in [1.54, 1.807) is 48.5 Å². The van der Waals surface area contributed by atoms with E-state index in [9.17, 15) is 0 Å². The van der Waals surface area contributed by atoms with Crippen LogP contribution in [0.4, 0.5) is 11.4 Å². The largest absolute Gasteiger partial charge is 0.658 e. The normalized spacial score (nSPS) is 9.58. The van der Waals surface area contributed by atoms with Crippen molar-refractivity contribution in [2.24, 2.45) is 0 Å². The molecule has 97 valence electrons. The van der Waals surface area contributed by atoms with E-state index in [1.807, 2.05) is 11.0 Å². The second-order valence-electron chi connectivity index (χ2n) is 3.60. The molecule has 0 heterocycles. The first-order valence-electron chi connectivity index (χ1n) is 5.47. The molecule has 2 aromatic carbocycles. The third-order valence-corrected chi connectivity index (χ3v) is 2.34. The van der Waals surface area contributed by atoms with E-state index >= 15 is 0 Å². The molecule has 7 heteroatoms. The van der Waals surface area contributed by atoms with E-state index in [1.165, 1.54) is 7.69 Å². The standard InChI is InChI=1S/C12H12BN2O4/c16-14-9-1-5-11(6-2-9)18-13-19-12-7-3-10(15-17)4-8-12/h1-8,14-17H. The molecule has 2 rings (SSSR count). The molecule has 4 N–H and O–H groups in total. The zero-order chi connectivity index (χ0) is 13.5. The van der Waals surface area contributed by atoms with E-state index in [4.69, 9.17) is 19.7 Å². The Morgan fingerprint density at radius 1 is 0.684 bits per heavy atom. The van der Waals surface area contributed by atoms with Crippen molar-refractivity contribution in [3.05, 3.63) is 48.5 Å². The Morgan fingerprint density at radius 3 is 1.37 bits per heavy atom. The van der Waals surface area contributed by atoms with Gasteiger partial charge in [0, 0.05) is 0 Å². The molecule has 0 saturated heterocycles. The third-order valence-electron chi connectivity index (χ3n) is 2.34. The van der Waals surface area contributed by atoms with Gasteiger partial charge in [0.05, 0.1) is 11.4 Å². The number of anilines is 2. The van der Waals surface area contributed by atoms with Gasteiger partial charge in [-0.2, -0.15) is 0 Å². The van der Waals surface area contributed by atoms with Crippen molar-refractivity contribution < 1.29 is 19.7 Å². The molecule has 0 fully saturated rings. The zero-order valence-corrected chi connectivity index (χ0v) is 9.91. The Morgan fingerprint density at radius 2 is 1.05 bits per heavy atom. The first-order chi connectivity index (χ1) is 9.31. The van der Waals surface area contributed by atoms with E-state index in [-0.39, 0.29) is 0 Å². The van der Waals surface area contributed by atoms with Gasteiger partial charge in [0.15, 0.2) is 0 Å². The topological polar surface area (TPSA) is 83.0 Å². The molecule has 19 heavy (non-hydrogen) atoms. The van der Waals surface area contributed by atoms with Crippen molar-refractivity contribution in [3.63, 3.8) is 0 Å². The Balaban J connectivity index is 1.81. The van der Waals surface area contributed by atoms with Crippen LogP contribution in [0.25, 0.3) is 0 Å². The predicted octanol–water partition coefficient (Wildman–Crippen LogP) is 2.28. The molecule has 1 radical (unpaired) electrons. The van der Waals surface area contributed by atoms with Crippen LogP contribution in [-0.2, 0) is 0 Å². The van der Waals surface area contributed by atoms with Crippen LogP contribution in [0.2, 0.25) is 0 Å². The maximum Gasteiger partial charge on any atom is 0.658 e. The average Bonchev–Trinajstić information content (AvgIpc) is 2.49. The minimum atomic E-state index is 0.570. The molecule has 6 nitrogen and oxygen atoms in total. The third kappa shape index (κ3) is 3.80. The van der Waals surface area contributed by atoms with Gasteiger partial charge in [0.2, 0.25) is 0 Å². The van der Waals surface area contributed by atoms with Gasteiger partial charge in [-0.3, -0.25) is 21.4 Å². The van der Waals surface area contributed by atoms with E-state index < -0.39 is 0 Å². The summed E-state index contributed by atoms with van der Waals surface area (Å²) in [5.41, 5.74) is 5.19. The SMILES string of the molecule is ONc1ccc(O[B]Oc2ccc(NO)cc2)cc1. The molecular formula is C12H12BN2O4. The summed E-state index contributed by atoms with van der Waals surface area (Å²) < 4.78 is 10.5. The Labute approximate surface area is 110 Å². The van der Waals surface area contributed by atoms with E-state index in [2.05, 4.69) is 0 Å². The van der Waals surface area contributed by atoms with Crippen molar-refractivity contribution in [2.45, 2.75) is 0 Å². The monoisotopic (exact) mass is 259 g/mol. The molecular weight excluding hydrogens is 247 g/mol. The molecule has 0 spiro atoms. The molecule has 0 saturated carbocycles. The molecule has 0 atom stereocenters. The summed E-state index contributed by atoms with van der Waals surface area (Å²) in [6, 6.07) is 13.3. The number of hydrogen-bond acceptors (Lipinski definition) is 6. The summed E-state index contributed by atoms with van der Waals surface area (Å²) in [5.74, 6) is 1.15. The van der Waals surface area contributed by atoms with Gasteiger partial charge >= 0.3 is 7.69 Å². The van der Waals surface area contributed by atoms with E-state index in [0.717, 1.165) is 0 Å². The predicted molar refractivity (Wildman–Crippen MR) is 70.7 cm³/mol. The maximum absolute atomic E-state index is 8.65. The first-order valence-corrected chi connectivity index (χ1v) is 5.47. The number of hydrogen-bond donors (Lipinski definition) is 4. The summed E-state index contributed by atoms with van der Waals surface area (Å²) in [7, 11) is 1.20. The number of nitrogens with one attached hydrogen (secondary N) is 2. The minimum Gasteiger partial charge on any atom is -0.526 e. The van der Waals surface area contributed by atoms with Crippen molar-refractivity contribution in [2.75, 3.05) is 11.0 Å². The van der Waals surface area contributed by atoms with Crippen molar-refractivity contribution in [1.29, 1.82) is 0 Å². The summed E-state index contributed by atoms with van der Waals surface area (Å²) >= 11 is 0. The van der Waals surface area contributed by atoms with E-state index in [0.29, 0.717) is 22.9 Å². The fourth-order valence-corrected chi connectivity index (χ4v) is 1.35. The van der Waals surface area contributed by atoms with Crippen molar-refractivity contribution in [3.8, 4) is 11.5 Å². The molecule has 0 aromatic heterocycles. The smallest absolute Gasteiger partial charge is 0.526 e. The Kier molecular flexibility index (Phi) is 4.49. The molecule has 0 aliphatic heterocycles. The fourth-order valence-electron chi connectivity index (χ4n) is 1.35. The molecule has 0 aliphatic carbocycles. The highest BCUT2D eigenvalue weighted by atomic mass is 16.6. The average molecular weight is 259 g/mol. The van der Waals surface area contributed by atoms with Gasteiger partial charge in [0.25, 0.3) is 0 Å². The van der Waals surface area contributed by atoms with Crippen LogP contribution in [0, 0.1) is 0 Å². The zero-order valence-electron chi connectivity index (χ0n) is 9.91. The Hall–Kier alpha value is -2.38. The van der Waals surface area contributed by atoms with Crippen molar-refractivity contribution in [1.82, 2.24) is 0 Å². The Bertz CT molecular complexity index is 457. The van der Waals surface area contributed by atoms with Gasteiger partial charge in [-0.25, -0.2) is 0 Å². The van der Waals surface area contributed by atoms with Crippen LogP contribution >= 0.6 is 0 Å². The van der Waals surface area contributed by atoms with Crippen molar-refractivity contribution >= 4 is 19.1 Å². The summed E-state index contributed by atoms with van der Waals surface area (Å²) in [6.45, 7) is 0. The van der Waals surface area contributed by atoms with Crippen LogP contribution in [0.3, 0.4) is 0 Å². The van der Waals surface area contributed by atoms with Crippen LogP contribution in [0.1, 0.15) is 0 Å². The van der Waals surface area contributed by atoms with Gasteiger partial charge in [-0.15, -0.1) is 0 Å². The van der Waals surface area contributed by atoms with Crippen LogP contribution in [-0.4, -0.2) is 18.1 Å². The molecule has 0 aliphatic rings. The molecule has 0 bridgehead atoms. The van der Waals surface area contributed by atoms with Gasteiger partial charge in [0.1, 0.15) is 11.5 Å². The maximum atomic E-state index is 8.65. The lowest BCUT2D eigenvalue weighted by atomic mass is 10.2. The van der Waals surface area contributed by atoms with Crippen LogP contribution < -0.4 is 20.3 Å². The molecule has 0 unspecified atom stereocenters. The lowest BCUT2D eigenvalue weighted by Gasteiger charge is -2.07. The van der Waals surface area contributed by atoms with Crippen LogP contribution in [0.15, 0.2) is 48.5 Å². The highest BCUT2D eigenvalue weighted by Crippen LogP contribution is 2.17. The second-order valence-corrected chi connectivity index (χ2v) is 3.60.